The smallest absolute Gasteiger partial charge is 0.333 e. The van der Waals surface area contributed by atoms with Gasteiger partial charge < -0.3 is 4.74 Å². The van der Waals surface area contributed by atoms with Crippen LogP contribution in [-0.2, 0) is 9.53 Å². The second-order valence-corrected chi connectivity index (χ2v) is 6.62. The summed E-state index contributed by atoms with van der Waals surface area (Å²) < 4.78 is 5.40. The van der Waals surface area contributed by atoms with Gasteiger partial charge in [-0.05, 0) is 37.0 Å². The fourth-order valence-electron chi connectivity index (χ4n) is 1.90. The molecule has 0 aliphatic carbocycles. The van der Waals surface area contributed by atoms with E-state index in [9.17, 15) is 4.79 Å². The number of esters is 1. The number of benzene rings is 1. The molecule has 0 spiro atoms. The molecular formula is C18H26ClNO2. The lowest BCUT2D eigenvalue weighted by atomic mass is 9.95. The van der Waals surface area contributed by atoms with E-state index in [0.717, 1.165) is 18.4 Å². The topological polar surface area (TPSA) is 38.7 Å². The normalized spacial score (nSPS) is 14.3. The molecule has 0 aliphatic rings. The molecule has 0 aliphatic heterocycles. The SMILES string of the molecule is CCCCC(C)(N=Cc1ccc(Cl)cc1)C(=O)OCC(C)C. The van der Waals surface area contributed by atoms with E-state index in [4.69, 9.17) is 16.3 Å². The van der Waals surface area contributed by atoms with Crippen molar-refractivity contribution in [2.45, 2.75) is 52.5 Å². The van der Waals surface area contributed by atoms with E-state index in [1.54, 1.807) is 6.21 Å². The first kappa shape index (κ1) is 18.7. The summed E-state index contributed by atoms with van der Waals surface area (Å²) in [5, 5.41) is 0.683. The van der Waals surface area contributed by atoms with Gasteiger partial charge in [0.25, 0.3) is 0 Å². The van der Waals surface area contributed by atoms with Crippen molar-refractivity contribution in [2.75, 3.05) is 6.61 Å². The highest BCUT2D eigenvalue weighted by molar-refractivity contribution is 6.30. The highest BCUT2D eigenvalue weighted by atomic mass is 35.5. The van der Waals surface area contributed by atoms with Crippen molar-refractivity contribution in [3.05, 3.63) is 34.9 Å². The number of ether oxygens (including phenoxy) is 1. The van der Waals surface area contributed by atoms with E-state index >= 15 is 0 Å². The van der Waals surface area contributed by atoms with E-state index in [1.165, 1.54) is 0 Å². The van der Waals surface area contributed by atoms with Crippen molar-refractivity contribution in [1.29, 1.82) is 0 Å². The zero-order valence-electron chi connectivity index (χ0n) is 13.9. The largest absolute Gasteiger partial charge is 0.464 e. The van der Waals surface area contributed by atoms with Gasteiger partial charge in [0.2, 0.25) is 0 Å². The first-order valence-electron chi connectivity index (χ1n) is 7.85. The van der Waals surface area contributed by atoms with Gasteiger partial charge in [-0.25, -0.2) is 4.79 Å². The van der Waals surface area contributed by atoms with Crippen molar-refractivity contribution in [3.8, 4) is 0 Å². The average Bonchev–Trinajstić information content (AvgIpc) is 2.50. The summed E-state index contributed by atoms with van der Waals surface area (Å²) in [6.07, 6.45) is 4.36. The molecule has 0 N–H and O–H groups in total. The Kier molecular flexibility index (Phi) is 7.60. The van der Waals surface area contributed by atoms with E-state index in [-0.39, 0.29) is 5.97 Å². The first-order valence-corrected chi connectivity index (χ1v) is 8.23. The zero-order valence-corrected chi connectivity index (χ0v) is 14.7. The van der Waals surface area contributed by atoms with Crippen LogP contribution in [0, 0.1) is 5.92 Å². The van der Waals surface area contributed by atoms with Crippen LogP contribution in [-0.4, -0.2) is 24.3 Å². The van der Waals surface area contributed by atoms with Crippen LogP contribution in [0.1, 0.15) is 52.5 Å². The minimum absolute atomic E-state index is 0.250. The molecule has 1 rings (SSSR count). The van der Waals surface area contributed by atoms with Gasteiger partial charge in [0.15, 0.2) is 5.54 Å². The number of hydrogen-bond donors (Lipinski definition) is 0. The van der Waals surface area contributed by atoms with Crippen molar-refractivity contribution in [1.82, 2.24) is 0 Å². The maximum absolute atomic E-state index is 12.4. The number of hydrogen-bond acceptors (Lipinski definition) is 3. The van der Waals surface area contributed by atoms with Crippen molar-refractivity contribution >= 4 is 23.8 Å². The molecule has 0 saturated heterocycles. The molecule has 0 fully saturated rings. The summed E-state index contributed by atoms with van der Waals surface area (Å²) in [6, 6.07) is 7.38. The van der Waals surface area contributed by atoms with Gasteiger partial charge in [-0.3, -0.25) is 4.99 Å². The number of rotatable bonds is 8. The Morgan fingerprint density at radius 2 is 2.00 bits per heavy atom. The number of nitrogens with zero attached hydrogens (tertiary/aromatic N) is 1. The monoisotopic (exact) mass is 323 g/mol. The molecule has 4 heteroatoms. The quantitative estimate of drug-likeness (QED) is 0.503. The molecule has 0 saturated carbocycles. The van der Waals surface area contributed by atoms with Crippen LogP contribution in [0.3, 0.4) is 0 Å². The fourth-order valence-corrected chi connectivity index (χ4v) is 2.03. The van der Waals surface area contributed by atoms with E-state index in [0.29, 0.717) is 24.0 Å². The van der Waals surface area contributed by atoms with E-state index in [2.05, 4.69) is 11.9 Å². The highest BCUT2D eigenvalue weighted by Crippen LogP contribution is 2.22. The number of unbranched alkanes of at least 4 members (excludes halogenated alkanes) is 1. The molecule has 3 nitrogen and oxygen atoms in total. The number of aliphatic imine (C=N–C) groups is 1. The summed E-state index contributed by atoms with van der Waals surface area (Å²) >= 11 is 5.87. The zero-order chi connectivity index (χ0) is 16.6. The standard InChI is InChI=1S/C18H26ClNO2/c1-5-6-11-18(4,17(21)22-13-14(2)3)20-12-15-7-9-16(19)10-8-15/h7-10,12,14H,5-6,11,13H2,1-4H3. The Bertz CT molecular complexity index is 496. The predicted molar refractivity (Wildman–Crippen MR) is 92.8 cm³/mol. The van der Waals surface area contributed by atoms with Crippen LogP contribution in [0.4, 0.5) is 0 Å². The Morgan fingerprint density at radius 1 is 1.36 bits per heavy atom. The van der Waals surface area contributed by atoms with Crippen LogP contribution in [0.15, 0.2) is 29.3 Å². The molecule has 0 bridgehead atoms. The molecule has 1 atom stereocenters. The minimum Gasteiger partial charge on any atom is -0.464 e. The van der Waals surface area contributed by atoms with Crippen LogP contribution in [0.25, 0.3) is 0 Å². The Hall–Kier alpha value is -1.35. The number of carbonyl (C=O) groups is 1. The highest BCUT2D eigenvalue weighted by Gasteiger charge is 2.33. The van der Waals surface area contributed by atoms with E-state index < -0.39 is 5.54 Å². The first-order chi connectivity index (χ1) is 10.4. The fraction of sp³-hybridized carbons (Fsp3) is 0.556. The minimum atomic E-state index is -0.829. The summed E-state index contributed by atoms with van der Waals surface area (Å²) in [4.78, 5) is 16.9. The molecule has 1 aromatic rings. The van der Waals surface area contributed by atoms with Gasteiger partial charge in [0.1, 0.15) is 0 Å². The molecule has 1 unspecified atom stereocenters. The maximum atomic E-state index is 12.4. The summed E-state index contributed by atoms with van der Waals surface area (Å²) in [7, 11) is 0. The van der Waals surface area contributed by atoms with Gasteiger partial charge >= 0.3 is 5.97 Å². The summed E-state index contributed by atoms with van der Waals surface area (Å²) in [5.41, 5.74) is 0.0913. The molecule has 0 aromatic heterocycles. The average molecular weight is 324 g/mol. The lowest BCUT2D eigenvalue weighted by molar-refractivity contribution is -0.150. The van der Waals surface area contributed by atoms with E-state index in [1.807, 2.05) is 45.0 Å². The van der Waals surface area contributed by atoms with Gasteiger partial charge in [-0.2, -0.15) is 0 Å². The Labute approximate surface area is 138 Å². The number of halogens is 1. The van der Waals surface area contributed by atoms with Gasteiger partial charge in [0.05, 0.1) is 6.61 Å². The third-order valence-corrected chi connectivity index (χ3v) is 3.63. The Morgan fingerprint density at radius 3 is 2.55 bits per heavy atom. The molecular weight excluding hydrogens is 298 g/mol. The van der Waals surface area contributed by atoms with Crippen LogP contribution in [0.5, 0.6) is 0 Å². The lowest BCUT2D eigenvalue weighted by Gasteiger charge is -2.23. The lowest BCUT2D eigenvalue weighted by Crippen LogP contribution is -2.36. The molecule has 122 valence electrons. The molecule has 0 amide bonds. The van der Waals surface area contributed by atoms with Gasteiger partial charge in [-0.15, -0.1) is 0 Å². The predicted octanol–water partition coefficient (Wildman–Crippen LogP) is 4.91. The van der Waals surface area contributed by atoms with Crippen LogP contribution in [0.2, 0.25) is 5.02 Å². The third-order valence-electron chi connectivity index (χ3n) is 3.37. The number of carbonyl (C=O) groups excluding carboxylic acids is 1. The van der Waals surface area contributed by atoms with Crippen LogP contribution < -0.4 is 0 Å². The maximum Gasteiger partial charge on any atom is 0.333 e. The molecule has 0 heterocycles. The van der Waals surface area contributed by atoms with Gasteiger partial charge in [0, 0.05) is 11.2 Å². The molecule has 22 heavy (non-hydrogen) atoms. The van der Waals surface area contributed by atoms with Crippen molar-refractivity contribution in [2.24, 2.45) is 10.9 Å². The summed E-state index contributed by atoms with van der Waals surface area (Å²) in [5.74, 6) is 0.0690. The van der Waals surface area contributed by atoms with Crippen LogP contribution >= 0.6 is 11.6 Å². The second kappa shape index (κ2) is 8.94. The summed E-state index contributed by atoms with van der Waals surface area (Å²) in [6.45, 7) is 8.42. The Balaban J connectivity index is 2.85. The van der Waals surface area contributed by atoms with Crippen molar-refractivity contribution in [3.63, 3.8) is 0 Å². The second-order valence-electron chi connectivity index (χ2n) is 6.18. The van der Waals surface area contributed by atoms with Gasteiger partial charge in [-0.1, -0.05) is 57.3 Å². The third kappa shape index (κ3) is 6.18. The molecule has 0 radical (unpaired) electrons. The van der Waals surface area contributed by atoms with Crippen molar-refractivity contribution < 1.29 is 9.53 Å². The molecule has 1 aromatic carbocycles.